The Bertz CT molecular complexity index is 393. The quantitative estimate of drug-likeness (QED) is 0.844. The van der Waals surface area contributed by atoms with Gasteiger partial charge in [0, 0.05) is 19.0 Å². The zero-order chi connectivity index (χ0) is 11.5. The van der Waals surface area contributed by atoms with Crippen LogP contribution in [0.1, 0.15) is 32.1 Å². The van der Waals surface area contributed by atoms with Crippen molar-refractivity contribution in [3.63, 3.8) is 0 Å². The summed E-state index contributed by atoms with van der Waals surface area (Å²) in [6, 6.07) is 10.9. The fraction of sp³-hybridized carbons (Fsp3) is 0.500. The van der Waals surface area contributed by atoms with E-state index in [1.54, 1.807) is 0 Å². The van der Waals surface area contributed by atoms with Crippen molar-refractivity contribution in [2.75, 3.05) is 6.54 Å². The zero-order valence-corrected chi connectivity index (χ0v) is 10.1. The van der Waals surface area contributed by atoms with Crippen LogP contribution in [0.4, 0.5) is 5.69 Å². The summed E-state index contributed by atoms with van der Waals surface area (Å²) in [5.74, 6) is 1.11. The van der Waals surface area contributed by atoms with Crippen molar-refractivity contribution in [2.45, 2.75) is 38.1 Å². The Morgan fingerprint density at radius 2 is 1.88 bits per heavy atom. The van der Waals surface area contributed by atoms with Crippen molar-refractivity contribution in [1.29, 1.82) is 0 Å². The van der Waals surface area contributed by atoms with Crippen LogP contribution in [-0.2, 0) is 0 Å². The third kappa shape index (κ3) is 2.50. The number of amidine groups is 1. The van der Waals surface area contributed by atoms with E-state index in [0.717, 1.165) is 30.5 Å². The van der Waals surface area contributed by atoms with Gasteiger partial charge >= 0.3 is 0 Å². The summed E-state index contributed by atoms with van der Waals surface area (Å²) in [7, 11) is 0. The van der Waals surface area contributed by atoms with Gasteiger partial charge in [-0.2, -0.15) is 0 Å². The molecule has 1 aromatic carbocycles. The van der Waals surface area contributed by atoms with E-state index < -0.39 is 0 Å². The normalized spacial score (nSPS) is 24.4. The van der Waals surface area contributed by atoms with Gasteiger partial charge < -0.3 is 5.43 Å². The average Bonchev–Trinajstić information content (AvgIpc) is 3.00. The summed E-state index contributed by atoms with van der Waals surface area (Å²) in [5, 5.41) is 2.38. The van der Waals surface area contributed by atoms with Gasteiger partial charge in [-0.1, -0.05) is 31.0 Å². The minimum absolute atomic E-state index is 0.735. The second-order valence-corrected chi connectivity index (χ2v) is 4.89. The SMILES string of the molecule is c1ccc(N=C2CCN(C3CCCC3)N2)cc1. The van der Waals surface area contributed by atoms with Gasteiger partial charge in [0.1, 0.15) is 5.84 Å². The molecular weight excluding hydrogens is 210 g/mol. The molecule has 0 radical (unpaired) electrons. The molecule has 1 aliphatic carbocycles. The summed E-state index contributed by atoms with van der Waals surface area (Å²) >= 11 is 0. The Kier molecular flexibility index (Phi) is 3.10. The molecule has 2 aliphatic rings. The molecule has 0 aromatic heterocycles. The smallest absolute Gasteiger partial charge is 0.118 e. The average molecular weight is 229 g/mol. The Morgan fingerprint density at radius 1 is 1.12 bits per heavy atom. The number of hydrogen-bond donors (Lipinski definition) is 1. The van der Waals surface area contributed by atoms with Gasteiger partial charge in [-0.05, 0) is 25.0 Å². The lowest BCUT2D eigenvalue weighted by molar-refractivity contribution is 0.192. The Morgan fingerprint density at radius 3 is 2.65 bits per heavy atom. The lowest BCUT2D eigenvalue weighted by atomic mass is 10.2. The molecule has 1 aliphatic heterocycles. The highest BCUT2D eigenvalue weighted by atomic mass is 15.6. The zero-order valence-electron chi connectivity index (χ0n) is 10.1. The lowest BCUT2D eigenvalue weighted by Gasteiger charge is -2.22. The van der Waals surface area contributed by atoms with Crippen molar-refractivity contribution in [2.24, 2.45) is 4.99 Å². The van der Waals surface area contributed by atoms with Gasteiger partial charge in [-0.15, -0.1) is 0 Å². The van der Waals surface area contributed by atoms with Crippen molar-refractivity contribution in [1.82, 2.24) is 10.4 Å². The second kappa shape index (κ2) is 4.88. The first-order valence-electron chi connectivity index (χ1n) is 6.58. The minimum atomic E-state index is 0.735. The van der Waals surface area contributed by atoms with Gasteiger partial charge in [0.05, 0.1) is 5.69 Å². The molecule has 0 unspecified atom stereocenters. The number of nitrogens with one attached hydrogen (secondary N) is 1. The summed E-state index contributed by atoms with van der Waals surface area (Å²) in [6.45, 7) is 1.11. The first-order valence-corrected chi connectivity index (χ1v) is 6.58. The number of para-hydroxylation sites is 1. The lowest BCUT2D eigenvalue weighted by Crippen LogP contribution is -2.40. The first-order chi connectivity index (χ1) is 8.42. The largest absolute Gasteiger partial charge is 0.306 e. The minimum Gasteiger partial charge on any atom is -0.306 e. The van der Waals surface area contributed by atoms with Gasteiger partial charge in [0.25, 0.3) is 0 Å². The standard InChI is InChI=1S/C14H19N3/c1-2-6-12(7-3-1)15-14-10-11-17(16-14)13-8-4-5-9-13/h1-3,6-7,13H,4-5,8-11H2,(H,15,16). The number of benzene rings is 1. The van der Waals surface area contributed by atoms with E-state index >= 15 is 0 Å². The van der Waals surface area contributed by atoms with Crippen LogP contribution in [0.3, 0.4) is 0 Å². The van der Waals surface area contributed by atoms with Crippen LogP contribution >= 0.6 is 0 Å². The number of nitrogens with zero attached hydrogens (tertiary/aromatic N) is 2. The molecule has 90 valence electrons. The van der Waals surface area contributed by atoms with Gasteiger partial charge in [0.15, 0.2) is 0 Å². The third-order valence-corrected chi connectivity index (χ3v) is 3.65. The molecule has 1 saturated carbocycles. The number of hydrazine groups is 1. The Hall–Kier alpha value is -1.35. The molecule has 0 atom stereocenters. The number of rotatable bonds is 2. The first kappa shape index (κ1) is 10.8. The van der Waals surface area contributed by atoms with Gasteiger partial charge in [0.2, 0.25) is 0 Å². The molecule has 1 N–H and O–H groups in total. The predicted molar refractivity (Wildman–Crippen MR) is 70.3 cm³/mol. The molecule has 2 fully saturated rings. The van der Waals surface area contributed by atoms with E-state index in [-0.39, 0.29) is 0 Å². The molecule has 0 amide bonds. The molecule has 3 rings (SSSR count). The van der Waals surface area contributed by atoms with E-state index in [9.17, 15) is 0 Å². The number of aliphatic imine (C=N–C) groups is 1. The van der Waals surface area contributed by atoms with Crippen LogP contribution in [0, 0.1) is 0 Å². The summed E-state index contributed by atoms with van der Waals surface area (Å²) in [6.07, 6.45) is 6.49. The van der Waals surface area contributed by atoms with Crippen LogP contribution in [0.15, 0.2) is 35.3 Å². The molecule has 1 heterocycles. The van der Waals surface area contributed by atoms with Gasteiger partial charge in [-0.25, -0.2) is 10.0 Å². The van der Waals surface area contributed by atoms with E-state index in [1.165, 1.54) is 25.7 Å². The predicted octanol–water partition coefficient (Wildman–Crippen LogP) is 2.87. The maximum absolute atomic E-state index is 4.64. The maximum Gasteiger partial charge on any atom is 0.118 e. The summed E-state index contributed by atoms with van der Waals surface area (Å²) in [5.41, 5.74) is 4.51. The topological polar surface area (TPSA) is 27.6 Å². The van der Waals surface area contributed by atoms with Crippen molar-refractivity contribution < 1.29 is 0 Å². The van der Waals surface area contributed by atoms with E-state index in [0.29, 0.717) is 0 Å². The molecule has 1 saturated heterocycles. The molecule has 0 spiro atoms. The van der Waals surface area contributed by atoms with Crippen LogP contribution in [0.5, 0.6) is 0 Å². The second-order valence-electron chi connectivity index (χ2n) is 4.89. The monoisotopic (exact) mass is 229 g/mol. The van der Waals surface area contributed by atoms with Crippen LogP contribution < -0.4 is 5.43 Å². The highest BCUT2D eigenvalue weighted by Gasteiger charge is 2.27. The van der Waals surface area contributed by atoms with Crippen molar-refractivity contribution >= 4 is 11.5 Å². The molecule has 3 heteroatoms. The van der Waals surface area contributed by atoms with Crippen LogP contribution in [0.25, 0.3) is 0 Å². The van der Waals surface area contributed by atoms with E-state index in [1.807, 2.05) is 30.3 Å². The molecule has 0 bridgehead atoms. The highest BCUT2D eigenvalue weighted by molar-refractivity contribution is 5.86. The van der Waals surface area contributed by atoms with Crippen molar-refractivity contribution in [3.8, 4) is 0 Å². The van der Waals surface area contributed by atoms with Crippen LogP contribution in [-0.4, -0.2) is 23.4 Å². The Labute approximate surface area is 103 Å². The maximum atomic E-state index is 4.64. The highest BCUT2D eigenvalue weighted by Crippen LogP contribution is 2.24. The van der Waals surface area contributed by atoms with E-state index in [2.05, 4.69) is 15.4 Å². The van der Waals surface area contributed by atoms with E-state index in [4.69, 9.17) is 0 Å². The summed E-state index contributed by atoms with van der Waals surface area (Å²) < 4.78 is 0. The molecule has 17 heavy (non-hydrogen) atoms. The molecule has 1 aromatic rings. The van der Waals surface area contributed by atoms with Crippen LogP contribution in [0.2, 0.25) is 0 Å². The van der Waals surface area contributed by atoms with Gasteiger partial charge in [-0.3, -0.25) is 0 Å². The summed E-state index contributed by atoms with van der Waals surface area (Å²) in [4.78, 5) is 4.64. The molecular formula is C14H19N3. The fourth-order valence-electron chi connectivity index (χ4n) is 2.73. The van der Waals surface area contributed by atoms with Crippen molar-refractivity contribution in [3.05, 3.63) is 30.3 Å². The third-order valence-electron chi connectivity index (χ3n) is 3.65. The molecule has 3 nitrogen and oxygen atoms in total. The number of hydrogen-bond acceptors (Lipinski definition) is 2. The fourth-order valence-corrected chi connectivity index (χ4v) is 2.73. The Balaban J connectivity index is 1.65.